The topological polar surface area (TPSA) is 174 Å². The number of fused-ring (bicyclic) bond motifs is 1. The number of benzene rings is 1. The fourth-order valence-corrected chi connectivity index (χ4v) is 4.00. The van der Waals surface area contributed by atoms with E-state index in [0.717, 1.165) is 30.2 Å². The molecule has 1 aromatic heterocycles. The zero-order valence-corrected chi connectivity index (χ0v) is 17.4. The van der Waals surface area contributed by atoms with E-state index in [1.165, 1.54) is 0 Å². The van der Waals surface area contributed by atoms with Gasteiger partial charge in [0.05, 0.1) is 5.52 Å². The van der Waals surface area contributed by atoms with Gasteiger partial charge in [0.1, 0.15) is 17.6 Å². The summed E-state index contributed by atoms with van der Waals surface area (Å²) in [5.41, 5.74) is 9.12. The molecule has 0 bridgehead atoms. The molecule has 3 atom stereocenters. The molecule has 0 radical (unpaired) electrons. The fraction of sp³-hybridized carbons (Fsp3) is 0.429. The number of nitrogens with zero attached hydrogens (tertiary/aromatic N) is 2. The SMILES string of the molecule is NCCCC(NC(=O)c1ccc2ccccc2n1)C(=O)NC1CCCC1/C(=N/N)NN. The van der Waals surface area contributed by atoms with E-state index in [-0.39, 0.29) is 23.6 Å². The van der Waals surface area contributed by atoms with Gasteiger partial charge in [-0.3, -0.25) is 9.59 Å². The Bertz CT molecular complexity index is 948. The van der Waals surface area contributed by atoms with E-state index in [1.807, 2.05) is 30.3 Å². The van der Waals surface area contributed by atoms with E-state index in [2.05, 4.69) is 26.1 Å². The van der Waals surface area contributed by atoms with E-state index in [9.17, 15) is 9.59 Å². The summed E-state index contributed by atoms with van der Waals surface area (Å²) in [5, 5.41) is 10.5. The van der Waals surface area contributed by atoms with Crippen LogP contribution < -0.4 is 33.5 Å². The quantitative estimate of drug-likeness (QED) is 0.150. The highest BCUT2D eigenvalue weighted by Crippen LogP contribution is 2.26. The molecule has 1 aromatic carbocycles. The first-order valence-electron chi connectivity index (χ1n) is 10.5. The monoisotopic (exact) mass is 426 g/mol. The van der Waals surface area contributed by atoms with E-state index < -0.39 is 11.9 Å². The molecule has 0 saturated heterocycles. The molecule has 1 saturated carbocycles. The number of hydrogen-bond donors (Lipinski definition) is 6. The predicted molar refractivity (Wildman–Crippen MR) is 120 cm³/mol. The number of nitrogens with two attached hydrogens (primary N) is 3. The van der Waals surface area contributed by atoms with Crippen LogP contribution in [0.4, 0.5) is 0 Å². The summed E-state index contributed by atoms with van der Waals surface area (Å²) in [6.07, 6.45) is 3.52. The summed E-state index contributed by atoms with van der Waals surface area (Å²) in [6, 6.07) is 10.1. The highest BCUT2D eigenvalue weighted by Gasteiger charge is 2.34. The summed E-state index contributed by atoms with van der Waals surface area (Å²) in [7, 11) is 0. The highest BCUT2D eigenvalue weighted by atomic mass is 16.2. The third-order valence-corrected chi connectivity index (χ3v) is 5.63. The largest absolute Gasteiger partial charge is 0.351 e. The molecule has 2 aromatic rings. The van der Waals surface area contributed by atoms with Gasteiger partial charge in [0.25, 0.3) is 5.91 Å². The van der Waals surface area contributed by atoms with E-state index in [4.69, 9.17) is 17.4 Å². The van der Waals surface area contributed by atoms with E-state index in [0.29, 0.717) is 25.2 Å². The van der Waals surface area contributed by atoms with Gasteiger partial charge in [-0.15, -0.1) is 0 Å². The van der Waals surface area contributed by atoms with Gasteiger partial charge in [-0.1, -0.05) is 30.7 Å². The summed E-state index contributed by atoms with van der Waals surface area (Å²) in [5.74, 6) is 10.6. The molecule has 1 heterocycles. The first kappa shape index (κ1) is 22.4. The lowest BCUT2D eigenvalue weighted by molar-refractivity contribution is -0.124. The molecule has 0 aliphatic heterocycles. The number of carbonyl (C=O) groups excluding carboxylic acids is 2. The number of aromatic nitrogens is 1. The van der Waals surface area contributed by atoms with Gasteiger partial charge < -0.3 is 27.6 Å². The molecule has 0 spiro atoms. The van der Waals surface area contributed by atoms with Crippen LogP contribution in [0.3, 0.4) is 0 Å². The van der Waals surface area contributed by atoms with E-state index in [1.54, 1.807) is 6.07 Å². The van der Waals surface area contributed by atoms with Crippen LogP contribution in [0.2, 0.25) is 0 Å². The Morgan fingerprint density at radius 3 is 2.74 bits per heavy atom. The lowest BCUT2D eigenvalue weighted by Gasteiger charge is -2.25. The Morgan fingerprint density at radius 2 is 2.00 bits per heavy atom. The van der Waals surface area contributed by atoms with Gasteiger partial charge in [0.2, 0.25) is 5.91 Å². The van der Waals surface area contributed by atoms with Crippen molar-refractivity contribution in [3.8, 4) is 0 Å². The van der Waals surface area contributed by atoms with Crippen molar-refractivity contribution < 1.29 is 9.59 Å². The number of hydrazine groups is 1. The van der Waals surface area contributed by atoms with Crippen LogP contribution in [0.5, 0.6) is 0 Å². The summed E-state index contributed by atoms with van der Waals surface area (Å²) in [6.45, 7) is 0.418. The molecular formula is C21H30N8O2. The van der Waals surface area contributed by atoms with Crippen LogP contribution in [-0.2, 0) is 4.79 Å². The number of hydrazone groups is 1. The predicted octanol–water partition coefficient (Wildman–Crippen LogP) is 0.0925. The van der Waals surface area contributed by atoms with Crippen molar-refractivity contribution in [3.05, 3.63) is 42.1 Å². The van der Waals surface area contributed by atoms with Crippen LogP contribution in [0.15, 0.2) is 41.5 Å². The molecule has 1 fully saturated rings. The Balaban J connectivity index is 1.71. The van der Waals surface area contributed by atoms with Crippen LogP contribution in [0.25, 0.3) is 10.9 Å². The maximum atomic E-state index is 13.0. The zero-order valence-electron chi connectivity index (χ0n) is 17.4. The minimum absolute atomic E-state index is 0.0908. The van der Waals surface area contributed by atoms with Gasteiger partial charge in [0.15, 0.2) is 0 Å². The smallest absolute Gasteiger partial charge is 0.270 e. The van der Waals surface area contributed by atoms with Gasteiger partial charge >= 0.3 is 0 Å². The number of hydrogen-bond acceptors (Lipinski definition) is 7. The van der Waals surface area contributed by atoms with Crippen molar-refractivity contribution >= 4 is 28.6 Å². The molecule has 9 N–H and O–H groups in total. The second-order valence-electron chi connectivity index (χ2n) is 7.66. The van der Waals surface area contributed by atoms with Crippen molar-refractivity contribution in [2.45, 2.75) is 44.2 Å². The molecule has 31 heavy (non-hydrogen) atoms. The highest BCUT2D eigenvalue weighted by molar-refractivity contribution is 5.98. The normalized spacial score (nSPS) is 19.7. The minimum Gasteiger partial charge on any atom is -0.351 e. The standard InChI is InChI=1S/C21H30N8O2/c22-12-4-9-17(20(30)26-16-8-3-6-14(16)19(28-23)29-24)27-21(31)18-11-10-13-5-1-2-7-15(13)25-18/h1-2,5,7,10-11,14,16-17H,3-4,6,8-9,12,22-24H2,(H,26,30)(H,27,31)(H,28,29). The fourth-order valence-electron chi connectivity index (χ4n) is 4.00. The van der Waals surface area contributed by atoms with Crippen molar-refractivity contribution in [1.29, 1.82) is 0 Å². The van der Waals surface area contributed by atoms with Crippen molar-refractivity contribution in [1.82, 2.24) is 21.0 Å². The number of carbonyl (C=O) groups is 2. The number of rotatable bonds is 8. The molecule has 2 amide bonds. The third kappa shape index (κ3) is 5.47. The number of amidine groups is 1. The molecular weight excluding hydrogens is 396 g/mol. The molecule has 3 rings (SSSR count). The molecule has 1 aliphatic rings. The van der Waals surface area contributed by atoms with Gasteiger partial charge in [-0.25, -0.2) is 10.8 Å². The Kier molecular flexibility index (Phi) is 7.74. The maximum absolute atomic E-state index is 13.0. The minimum atomic E-state index is -0.727. The van der Waals surface area contributed by atoms with Gasteiger partial charge in [-0.05, 0) is 44.4 Å². The van der Waals surface area contributed by atoms with Gasteiger partial charge in [0, 0.05) is 17.3 Å². The van der Waals surface area contributed by atoms with E-state index >= 15 is 0 Å². The molecule has 10 heteroatoms. The number of para-hydroxylation sites is 1. The molecule has 3 unspecified atom stereocenters. The van der Waals surface area contributed by atoms with Crippen LogP contribution >= 0.6 is 0 Å². The maximum Gasteiger partial charge on any atom is 0.270 e. The number of pyridine rings is 1. The summed E-state index contributed by atoms with van der Waals surface area (Å²) >= 11 is 0. The first-order valence-corrected chi connectivity index (χ1v) is 10.5. The molecule has 10 nitrogen and oxygen atoms in total. The van der Waals surface area contributed by atoms with Crippen molar-refractivity contribution in [2.75, 3.05) is 6.54 Å². The average Bonchev–Trinajstić information content (AvgIpc) is 3.24. The summed E-state index contributed by atoms with van der Waals surface area (Å²) in [4.78, 5) is 30.2. The Morgan fingerprint density at radius 1 is 1.19 bits per heavy atom. The Labute approximate surface area is 181 Å². The average molecular weight is 427 g/mol. The lowest BCUT2D eigenvalue weighted by atomic mass is 10.0. The second-order valence-corrected chi connectivity index (χ2v) is 7.66. The zero-order chi connectivity index (χ0) is 22.2. The summed E-state index contributed by atoms with van der Waals surface area (Å²) < 4.78 is 0. The molecule has 1 aliphatic carbocycles. The van der Waals surface area contributed by atoms with Gasteiger partial charge in [-0.2, -0.15) is 5.10 Å². The van der Waals surface area contributed by atoms with Crippen molar-refractivity contribution in [2.24, 2.45) is 28.4 Å². The van der Waals surface area contributed by atoms with Crippen LogP contribution in [0.1, 0.15) is 42.6 Å². The Hall–Kier alpha value is -3.24. The van der Waals surface area contributed by atoms with Crippen LogP contribution in [-0.4, -0.2) is 41.3 Å². The van der Waals surface area contributed by atoms with Crippen LogP contribution in [0, 0.1) is 5.92 Å². The van der Waals surface area contributed by atoms with Crippen molar-refractivity contribution in [3.63, 3.8) is 0 Å². The first-order chi connectivity index (χ1) is 15.1. The second kappa shape index (κ2) is 10.7. The number of nitrogens with one attached hydrogen (secondary N) is 3. The third-order valence-electron chi connectivity index (χ3n) is 5.63. The number of amides is 2. The molecule has 166 valence electrons. The lowest BCUT2D eigenvalue weighted by Crippen LogP contribution is -2.52.